The summed E-state index contributed by atoms with van der Waals surface area (Å²) >= 11 is 0. The van der Waals surface area contributed by atoms with Gasteiger partial charge in [-0.2, -0.15) is 13.7 Å². The molecule has 1 aliphatic rings. The van der Waals surface area contributed by atoms with Crippen LogP contribution in [0.1, 0.15) is 12.5 Å². The molecule has 0 bridgehead atoms. The third kappa shape index (κ3) is 6.10. The molecular weight excluding hydrogens is 528 g/mol. The molecule has 200 valence electrons. The second kappa shape index (κ2) is 11.9. The van der Waals surface area contributed by atoms with Crippen molar-refractivity contribution in [2.75, 3.05) is 26.2 Å². The summed E-state index contributed by atoms with van der Waals surface area (Å²) in [6, 6.07) is 21.2. The summed E-state index contributed by atoms with van der Waals surface area (Å²) in [6.07, 6.45) is 1.41. The fourth-order valence-corrected chi connectivity index (χ4v) is 7.04. The minimum absolute atomic E-state index is 0.00931. The summed E-state index contributed by atoms with van der Waals surface area (Å²) < 4.78 is 60.9. The molecule has 38 heavy (non-hydrogen) atoms. The Labute approximate surface area is 222 Å². The number of carbonyl (C=O) groups is 1. The Bertz CT molecular complexity index is 1480. The molecule has 1 heterocycles. The zero-order valence-corrected chi connectivity index (χ0v) is 22.3. The van der Waals surface area contributed by atoms with Crippen LogP contribution in [0.2, 0.25) is 0 Å². The fraction of sp³-hybridized carbons (Fsp3) is 0.231. The van der Waals surface area contributed by atoms with E-state index < -0.39 is 32.0 Å². The highest BCUT2D eigenvalue weighted by Gasteiger charge is 2.43. The van der Waals surface area contributed by atoms with E-state index in [4.69, 9.17) is 4.74 Å². The van der Waals surface area contributed by atoms with Crippen molar-refractivity contribution < 1.29 is 26.4 Å². The predicted molar refractivity (Wildman–Crippen MR) is 143 cm³/mol. The molecule has 4 rings (SSSR count). The first-order valence-electron chi connectivity index (χ1n) is 11.9. The minimum Gasteiger partial charge on any atom is -0.494 e. The van der Waals surface area contributed by atoms with Gasteiger partial charge in [0.15, 0.2) is 0 Å². The first-order valence-corrected chi connectivity index (χ1v) is 14.8. The zero-order valence-electron chi connectivity index (χ0n) is 20.7. The Morgan fingerprint density at radius 1 is 0.895 bits per heavy atom. The van der Waals surface area contributed by atoms with Gasteiger partial charge in [-0.3, -0.25) is 4.79 Å². The van der Waals surface area contributed by atoms with E-state index in [1.54, 1.807) is 60.7 Å². The summed E-state index contributed by atoms with van der Waals surface area (Å²) in [4.78, 5) is 13.3. The Kier molecular flexibility index (Phi) is 8.57. The predicted octanol–water partition coefficient (Wildman–Crippen LogP) is 2.30. The molecular formula is C26H28N4O6S2. The van der Waals surface area contributed by atoms with Gasteiger partial charge in [-0.05, 0) is 61.0 Å². The number of hydrogen-bond acceptors (Lipinski definition) is 7. The lowest BCUT2D eigenvalue weighted by molar-refractivity contribution is -0.125. The second-order valence-corrected chi connectivity index (χ2v) is 12.2. The van der Waals surface area contributed by atoms with Gasteiger partial charge in [0, 0.05) is 19.6 Å². The Morgan fingerprint density at radius 3 is 2.05 bits per heavy atom. The van der Waals surface area contributed by atoms with Crippen LogP contribution < -0.4 is 10.2 Å². The topological polar surface area (TPSA) is 125 Å². The number of amides is 1. The monoisotopic (exact) mass is 556 g/mol. The quantitative estimate of drug-likeness (QED) is 0.319. The average molecular weight is 557 g/mol. The average Bonchev–Trinajstić information content (AvgIpc) is 2.94. The molecule has 0 aromatic heterocycles. The van der Waals surface area contributed by atoms with Gasteiger partial charge >= 0.3 is 0 Å². The lowest BCUT2D eigenvalue weighted by Gasteiger charge is -2.38. The van der Waals surface area contributed by atoms with Crippen LogP contribution in [-0.2, 0) is 24.8 Å². The number of hydrazone groups is 1. The molecule has 1 saturated heterocycles. The second-order valence-electron chi connectivity index (χ2n) is 8.36. The number of nitrogens with zero attached hydrogens (tertiary/aromatic N) is 3. The molecule has 1 N–H and O–H groups in total. The van der Waals surface area contributed by atoms with Crippen LogP contribution in [0.3, 0.4) is 0 Å². The molecule has 1 aliphatic heterocycles. The van der Waals surface area contributed by atoms with Crippen LogP contribution in [0.15, 0.2) is 99.8 Å². The third-order valence-electron chi connectivity index (χ3n) is 5.91. The zero-order chi connectivity index (χ0) is 27.2. The van der Waals surface area contributed by atoms with E-state index in [1.807, 2.05) is 6.92 Å². The first kappa shape index (κ1) is 27.5. The maximum Gasteiger partial charge on any atom is 0.259 e. The van der Waals surface area contributed by atoms with Crippen LogP contribution in [0.25, 0.3) is 0 Å². The highest BCUT2D eigenvalue weighted by Crippen LogP contribution is 2.25. The SMILES string of the molecule is CCOc1ccc(/C=N\NC(=O)[C@@H]2CN(S(=O)(=O)c3ccccc3)CCN2S(=O)(=O)c2ccccc2)cc1. The number of ether oxygens (including phenoxy) is 1. The van der Waals surface area contributed by atoms with Crippen molar-refractivity contribution in [3.8, 4) is 5.75 Å². The van der Waals surface area contributed by atoms with E-state index >= 15 is 0 Å². The maximum atomic E-state index is 13.4. The van der Waals surface area contributed by atoms with Crippen LogP contribution in [-0.4, -0.2) is 69.9 Å². The van der Waals surface area contributed by atoms with Gasteiger partial charge in [0.2, 0.25) is 20.0 Å². The molecule has 1 fully saturated rings. The van der Waals surface area contributed by atoms with E-state index in [9.17, 15) is 21.6 Å². The Morgan fingerprint density at radius 2 is 1.47 bits per heavy atom. The molecule has 3 aromatic carbocycles. The Balaban J connectivity index is 1.58. The molecule has 10 nitrogen and oxygen atoms in total. The summed E-state index contributed by atoms with van der Waals surface area (Å²) in [5, 5.41) is 3.97. The van der Waals surface area contributed by atoms with E-state index in [1.165, 1.54) is 30.5 Å². The number of rotatable bonds is 9. The van der Waals surface area contributed by atoms with Gasteiger partial charge in [0.1, 0.15) is 11.8 Å². The fourth-order valence-electron chi connectivity index (χ4n) is 3.99. The molecule has 3 aromatic rings. The molecule has 0 radical (unpaired) electrons. The van der Waals surface area contributed by atoms with Crippen LogP contribution in [0.5, 0.6) is 5.75 Å². The highest BCUT2D eigenvalue weighted by molar-refractivity contribution is 7.89. The summed E-state index contributed by atoms with van der Waals surface area (Å²) in [5.41, 5.74) is 3.06. The standard InChI is InChI=1S/C26H28N4O6S2/c1-2-36-22-15-13-21(14-16-22)19-27-28-26(31)25-20-29(37(32,33)23-9-5-3-6-10-23)17-18-30(25)38(34,35)24-11-7-4-8-12-24/h3-16,19,25H,2,17-18,20H2,1H3,(H,28,31)/b27-19-/t25-/m0/s1. The van der Waals surface area contributed by atoms with Gasteiger partial charge in [-0.25, -0.2) is 22.3 Å². The highest BCUT2D eigenvalue weighted by atomic mass is 32.2. The molecule has 0 aliphatic carbocycles. The maximum absolute atomic E-state index is 13.4. The molecule has 12 heteroatoms. The molecule has 0 spiro atoms. The number of nitrogens with one attached hydrogen (secondary N) is 1. The van der Waals surface area contributed by atoms with Gasteiger partial charge in [0.05, 0.1) is 22.6 Å². The largest absolute Gasteiger partial charge is 0.494 e. The summed E-state index contributed by atoms with van der Waals surface area (Å²) in [5.74, 6) is -0.0583. The molecule has 1 atom stereocenters. The lowest BCUT2D eigenvalue weighted by atomic mass is 10.2. The van der Waals surface area contributed by atoms with Crippen molar-refractivity contribution in [3.63, 3.8) is 0 Å². The number of hydrogen-bond donors (Lipinski definition) is 1. The smallest absolute Gasteiger partial charge is 0.259 e. The van der Waals surface area contributed by atoms with Crippen molar-refractivity contribution in [1.29, 1.82) is 0 Å². The van der Waals surface area contributed by atoms with Gasteiger partial charge in [0.25, 0.3) is 5.91 Å². The van der Waals surface area contributed by atoms with Crippen molar-refractivity contribution in [3.05, 3.63) is 90.5 Å². The lowest BCUT2D eigenvalue weighted by Crippen LogP contribution is -2.60. The van der Waals surface area contributed by atoms with E-state index in [0.717, 1.165) is 8.61 Å². The number of sulfonamides is 2. The normalized spacial score (nSPS) is 17.3. The number of benzene rings is 3. The van der Waals surface area contributed by atoms with E-state index in [-0.39, 0.29) is 29.4 Å². The van der Waals surface area contributed by atoms with Crippen LogP contribution in [0, 0.1) is 0 Å². The number of carbonyl (C=O) groups excluding carboxylic acids is 1. The van der Waals surface area contributed by atoms with Crippen molar-refractivity contribution in [2.24, 2.45) is 5.10 Å². The van der Waals surface area contributed by atoms with Crippen molar-refractivity contribution >= 4 is 32.2 Å². The van der Waals surface area contributed by atoms with Gasteiger partial charge in [-0.15, -0.1) is 0 Å². The molecule has 0 unspecified atom stereocenters. The summed E-state index contributed by atoms with van der Waals surface area (Å²) in [6.45, 7) is 1.73. The minimum atomic E-state index is -4.09. The molecule has 0 saturated carbocycles. The first-order chi connectivity index (χ1) is 18.2. The molecule has 1 amide bonds. The van der Waals surface area contributed by atoms with Crippen LogP contribution in [0.4, 0.5) is 0 Å². The third-order valence-corrected chi connectivity index (χ3v) is 9.71. The number of piperazine rings is 1. The van der Waals surface area contributed by atoms with Crippen molar-refractivity contribution in [1.82, 2.24) is 14.0 Å². The van der Waals surface area contributed by atoms with Gasteiger partial charge < -0.3 is 4.74 Å². The van der Waals surface area contributed by atoms with E-state index in [2.05, 4.69) is 10.5 Å². The van der Waals surface area contributed by atoms with Crippen LogP contribution >= 0.6 is 0 Å². The van der Waals surface area contributed by atoms with Gasteiger partial charge in [-0.1, -0.05) is 36.4 Å². The van der Waals surface area contributed by atoms with Crippen molar-refractivity contribution in [2.45, 2.75) is 22.8 Å². The Hall–Kier alpha value is -3.58. The summed E-state index contributed by atoms with van der Waals surface area (Å²) in [7, 11) is -8.04. The van der Waals surface area contributed by atoms with E-state index in [0.29, 0.717) is 17.9 Å².